The first-order valence-electron chi connectivity index (χ1n) is 15.8. The van der Waals surface area contributed by atoms with E-state index in [1.54, 1.807) is 4.90 Å². The van der Waals surface area contributed by atoms with E-state index in [0.29, 0.717) is 37.1 Å². The first kappa shape index (κ1) is 34.6. The van der Waals surface area contributed by atoms with Crippen LogP contribution in [0.25, 0.3) is 10.1 Å². The molecular formula is C33H34F2N5O7PS. The Bertz CT molecular complexity index is 1900. The van der Waals surface area contributed by atoms with Gasteiger partial charge in [0.15, 0.2) is 0 Å². The molecule has 0 aliphatic carbocycles. The lowest BCUT2D eigenvalue weighted by molar-refractivity contribution is -0.148. The lowest BCUT2D eigenvalue weighted by Gasteiger charge is -2.39. The number of likely N-dealkylation sites (tertiary alicyclic amines) is 1. The van der Waals surface area contributed by atoms with E-state index in [4.69, 9.17) is 9.79 Å². The summed E-state index contributed by atoms with van der Waals surface area (Å²) in [7, 11) is -5.81. The maximum absolute atomic E-state index is 14.4. The SMILES string of the molecule is CC(=O)N1CC[C@H]2CC[C@@H](C(=O)N3C[C@@H](C#N)[C@H](c4ccccc4)C3)N2C(=O)[C@@H](NC(=O)c2cc3cc(C(F)(F)P(=O)(O)O)ccc3s2)C1. The molecule has 3 N–H and O–H groups in total. The maximum atomic E-state index is 14.4. The summed E-state index contributed by atoms with van der Waals surface area (Å²) < 4.78 is 40.5. The van der Waals surface area contributed by atoms with Gasteiger partial charge in [-0.05, 0) is 48.4 Å². The molecular weight excluding hydrogens is 679 g/mol. The second-order valence-electron chi connectivity index (χ2n) is 12.7. The molecule has 1 aromatic heterocycles. The van der Waals surface area contributed by atoms with Gasteiger partial charge in [-0.25, -0.2) is 0 Å². The Kier molecular flexibility index (Phi) is 9.36. The minimum atomic E-state index is -5.81. The monoisotopic (exact) mass is 713 g/mol. The van der Waals surface area contributed by atoms with Gasteiger partial charge in [0, 0.05) is 55.3 Å². The minimum Gasteiger partial charge on any atom is -0.340 e. The summed E-state index contributed by atoms with van der Waals surface area (Å²) in [5.41, 5.74) is -4.38. The van der Waals surface area contributed by atoms with E-state index in [0.717, 1.165) is 29.0 Å². The number of thiophene rings is 1. The van der Waals surface area contributed by atoms with Crippen molar-refractivity contribution in [2.24, 2.45) is 5.92 Å². The summed E-state index contributed by atoms with van der Waals surface area (Å²) >= 11 is 0.937. The van der Waals surface area contributed by atoms with Crippen LogP contribution in [0.3, 0.4) is 0 Å². The third kappa shape index (κ3) is 6.58. The van der Waals surface area contributed by atoms with Crippen LogP contribution >= 0.6 is 18.9 Å². The Morgan fingerprint density at radius 3 is 2.43 bits per heavy atom. The zero-order valence-electron chi connectivity index (χ0n) is 26.4. The van der Waals surface area contributed by atoms with Gasteiger partial charge in [0.25, 0.3) is 5.91 Å². The van der Waals surface area contributed by atoms with E-state index in [9.17, 15) is 37.8 Å². The number of benzene rings is 2. The molecule has 258 valence electrons. The number of nitrogens with zero attached hydrogens (tertiary/aromatic N) is 4. The van der Waals surface area contributed by atoms with E-state index in [1.807, 2.05) is 30.3 Å². The molecule has 0 unspecified atom stereocenters. The lowest BCUT2D eigenvalue weighted by Crippen LogP contribution is -2.61. The number of carbonyl (C=O) groups excluding carboxylic acids is 4. The van der Waals surface area contributed by atoms with Crippen molar-refractivity contribution in [2.75, 3.05) is 26.2 Å². The smallest absolute Gasteiger partial charge is 0.340 e. The van der Waals surface area contributed by atoms with Crippen molar-refractivity contribution < 1.29 is 42.3 Å². The quantitative estimate of drug-likeness (QED) is 0.326. The van der Waals surface area contributed by atoms with Crippen molar-refractivity contribution in [1.82, 2.24) is 20.0 Å². The topological polar surface area (TPSA) is 171 Å². The van der Waals surface area contributed by atoms with Gasteiger partial charge in [-0.1, -0.05) is 36.4 Å². The Balaban J connectivity index is 1.24. The number of nitriles is 1. The van der Waals surface area contributed by atoms with Crippen molar-refractivity contribution in [2.45, 2.75) is 55.9 Å². The predicted octanol–water partition coefficient (Wildman–Crippen LogP) is 3.60. The second kappa shape index (κ2) is 13.2. The van der Waals surface area contributed by atoms with Crippen LogP contribution in [-0.4, -0.2) is 92.4 Å². The fourth-order valence-electron chi connectivity index (χ4n) is 7.11. The summed E-state index contributed by atoms with van der Waals surface area (Å²) in [6.07, 6.45) is 1.35. The van der Waals surface area contributed by atoms with E-state index in [-0.39, 0.29) is 47.1 Å². The first-order chi connectivity index (χ1) is 23.2. The van der Waals surface area contributed by atoms with Gasteiger partial charge in [0.05, 0.1) is 16.9 Å². The van der Waals surface area contributed by atoms with Gasteiger partial charge in [0.1, 0.15) is 12.1 Å². The van der Waals surface area contributed by atoms with Gasteiger partial charge in [0.2, 0.25) is 17.7 Å². The summed E-state index contributed by atoms with van der Waals surface area (Å²) in [4.78, 5) is 77.3. The highest BCUT2D eigenvalue weighted by Crippen LogP contribution is 2.59. The largest absolute Gasteiger partial charge is 0.399 e. The molecule has 3 aromatic rings. The highest BCUT2D eigenvalue weighted by atomic mass is 32.1. The Morgan fingerprint density at radius 2 is 1.76 bits per heavy atom. The summed E-state index contributed by atoms with van der Waals surface area (Å²) in [6, 6.07) is 13.7. The van der Waals surface area contributed by atoms with E-state index < -0.39 is 48.6 Å². The molecule has 4 heterocycles. The molecule has 6 rings (SSSR count). The number of amides is 4. The third-order valence-electron chi connectivity index (χ3n) is 9.70. The average Bonchev–Trinajstić information content (AvgIpc) is 3.81. The number of hydrogen-bond acceptors (Lipinski definition) is 7. The van der Waals surface area contributed by atoms with E-state index in [1.165, 1.54) is 28.9 Å². The van der Waals surface area contributed by atoms with Crippen LogP contribution in [0.1, 0.15) is 52.9 Å². The van der Waals surface area contributed by atoms with Gasteiger partial charge < -0.3 is 29.8 Å². The predicted molar refractivity (Wildman–Crippen MR) is 174 cm³/mol. The molecule has 0 radical (unpaired) electrons. The van der Waals surface area contributed by atoms with Crippen LogP contribution in [0.4, 0.5) is 8.78 Å². The third-order valence-corrected chi connectivity index (χ3v) is 11.8. The van der Waals surface area contributed by atoms with Crippen LogP contribution < -0.4 is 5.32 Å². The number of alkyl halides is 2. The molecule has 0 spiro atoms. The molecule has 4 amide bonds. The molecule has 3 fully saturated rings. The average molecular weight is 714 g/mol. The van der Waals surface area contributed by atoms with Crippen LogP contribution in [0.2, 0.25) is 0 Å². The zero-order chi connectivity index (χ0) is 35.2. The Morgan fingerprint density at radius 1 is 1.02 bits per heavy atom. The first-order valence-corrected chi connectivity index (χ1v) is 18.2. The maximum Gasteiger partial charge on any atom is 0.399 e. The number of nitrogens with one attached hydrogen (secondary N) is 1. The fraction of sp³-hybridized carbons (Fsp3) is 0.424. The van der Waals surface area contributed by atoms with Crippen molar-refractivity contribution in [1.29, 1.82) is 5.26 Å². The minimum absolute atomic E-state index is 0.0491. The highest BCUT2D eigenvalue weighted by molar-refractivity contribution is 7.52. The molecule has 16 heteroatoms. The van der Waals surface area contributed by atoms with Crippen LogP contribution in [-0.2, 0) is 24.6 Å². The van der Waals surface area contributed by atoms with Crippen LogP contribution in [0.5, 0.6) is 0 Å². The normalized spacial score (nSPS) is 24.7. The van der Waals surface area contributed by atoms with Crippen molar-refractivity contribution in [3.8, 4) is 6.07 Å². The Labute approximate surface area is 284 Å². The van der Waals surface area contributed by atoms with E-state index >= 15 is 0 Å². The van der Waals surface area contributed by atoms with Crippen molar-refractivity contribution >= 4 is 52.6 Å². The second-order valence-corrected chi connectivity index (χ2v) is 15.5. The zero-order valence-corrected chi connectivity index (χ0v) is 28.1. The van der Waals surface area contributed by atoms with Crippen LogP contribution in [0.15, 0.2) is 54.6 Å². The number of halogens is 2. The van der Waals surface area contributed by atoms with Crippen molar-refractivity contribution in [3.05, 3.63) is 70.6 Å². The van der Waals surface area contributed by atoms with Crippen LogP contribution in [0, 0.1) is 17.2 Å². The standard InChI is InChI=1S/C33H34F2N5O7PS/c1-19(41)38-12-11-24-8-9-27(32(44)39-16-22(15-36)25(17-39)20-5-3-2-4-6-20)40(24)31(43)26(18-38)37-30(42)29-14-21-13-23(7-10-28(21)49-29)33(34,35)48(45,46)47/h2-7,10,13-14,22,24-27H,8-9,11-12,16-18H2,1H3,(H,37,42)(H2,45,46,47)/t22-,24-,25+,26+,27+/m1/s1. The number of carbonyl (C=O) groups is 4. The number of hydrogen-bond donors (Lipinski definition) is 3. The number of rotatable bonds is 6. The molecule has 3 aliphatic heterocycles. The summed E-state index contributed by atoms with van der Waals surface area (Å²) in [6.45, 7) is 2.07. The van der Waals surface area contributed by atoms with E-state index in [2.05, 4.69) is 11.4 Å². The molecule has 0 bridgehead atoms. The summed E-state index contributed by atoms with van der Waals surface area (Å²) in [5, 5.41) is 12.7. The Hall–Kier alpha value is -4.22. The molecule has 2 aromatic carbocycles. The molecule has 49 heavy (non-hydrogen) atoms. The molecule has 5 atom stereocenters. The summed E-state index contributed by atoms with van der Waals surface area (Å²) in [5.74, 6) is -2.39. The van der Waals surface area contributed by atoms with Gasteiger partial charge in [-0.3, -0.25) is 23.7 Å². The molecule has 0 saturated carbocycles. The van der Waals surface area contributed by atoms with Gasteiger partial charge >= 0.3 is 13.3 Å². The van der Waals surface area contributed by atoms with Crippen molar-refractivity contribution in [3.63, 3.8) is 0 Å². The number of fused-ring (bicyclic) bond motifs is 2. The molecule has 3 saturated heterocycles. The highest BCUT2D eigenvalue weighted by Gasteiger charge is 2.51. The van der Waals surface area contributed by atoms with Gasteiger partial charge in [-0.15, -0.1) is 11.3 Å². The fourth-order valence-corrected chi connectivity index (χ4v) is 8.54. The molecule has 12 nitrogen and oxygen atoms in total. The lowest BCUT2D eigenvalue weighted by atomic mass is 9.90. The van der Waals surface area contributed by atoms with Gasteiger partial charge in [-0.2, -0.15) is 14.0 Å². The molecule has 3 aliphatic rings.